The Morgan fingerprint density at radius 2 is 1.92 bits per heavy atom. The summed E-state index contributed by atoms with van der Waals surface area (Å²) in [5, 5.41) is 1.27. The summed E-state index contributed by atoms with van der Waals surface area (Å²) in [6, 6.07) is 8.45. The van der Waals surface area contributed by atoms with E-state index in [0.29, 0.717) is 13.1 Å². The van der Waals surface area contributed by atoms with Crippen LogP contribution in [0.3, 0.4) is 0 Å². The van der Waals surface area contributed by atoms with Crippen molar-refractivity contribution in [2.24, 2.45) is 11.5 Å². The Kier molecular flexibility index (Phi) is 2.31. The number of fused-ring (bicyclic) bond motifs is 1. The maximum absolute atomic E-state index is 5.57. The molecule has 1 aromatic carbocycles. The summed E-state index contributed by atoms with van der Waals surface area (Å²) < 4.78 is 1.28. The number of hydrogen-bond acceptors (Lipinski definition) is 3. The van der Waals surface area contributed by atoms with E-state index in [9.17, 15) is 0 Å². The number of hydrogen-bond donors (Lipinski definition) is 2. The van der Waals surface area contributed by atoms with Gasteiger partial charge in [0.05, 0.1) is 0 Å². The predicted octanol–water partition coefficient (Wildman–Crippen LogP) is 1.82. The topological polar surface area (TPSA) is 52.0 Å². The van der Waals surface area contributed by atoms with Crippen molar-refractivity contribution >= 4 is 21.4 Å². The Morgan fingerprint density at radius 1 is 1.08 bits per heavy atom. The van der Waals surface area contributed by atoms with Crippen LogP contribution in [0.4, 0.5) is 0 Å². The molecule has 2 aromatic rings. The molecule has 0 atom stereocenters. The lowest BCUT2D eigenvalue weighted by atomic mass is 10.2. The van der Waals surface area contributed by atoms with Crippen molar-refractivity contribution in [1.29, 1.82) is 0 Å². The van der Waals surface area contributed by atoms with Crippen LogP contribution in [-0.2, 0) is 13.1 Å². The summed E-state index contributed by atoms with van der Waals surface area (Å²) in [5.41, 5.74) is 12.3. The maximum Gasteiger partial charge on any atom is 0.0349 e. The Hall–Kier alpha value is -0.900. The van der Waals surface area contributed by atoms with Gasteiger partial charge in [0.2, 0.25) is 0 Å². The van der Waals surface area contributed by atoms with Crippen LogP contribution in [0.1, 0.15) is 10.4 Å². The molecule has 0 unspecified atom stereocenters. The van der Waals surface area contributed by atoms with E-state index in [1.165, 1.54) is 20.5 Å². The molecule has 0 radical (unpaired) electrons. The van der Waals surface area contributed by atoms with E-state index in [1.807, 2.05) is 0 Å². The second-order valence-corrected chi connectivity index (χ2v) is 4.16. The van der Waals surface area contributed by atoms with Gasteiger partial charge in [-0.1, -0.05) is 12.1 Å². The number of rotatable bonds is 2. The molecule has 4 N–H and O–H groups in total. The van der Waals surface area contributed by atoms with Gasteiger partial charge in [0.25, 0.3) is 0 Å². The number of thiophene rings is 1. The third-order valence-electron chi connectivity index (χ3n) is 2.07. The molecule has 0 fully saturated rings. The van der Waals surface area contributed by atoms with Gasteiger partial charge in [-0.25, -0.2) is 0 Å². The molecule has 0 saturated heterocycles. The fraction of sp³-hybridized carbons (Fsp3) is 0.200. The van der Waals surface area contributed by atoms with E-state index < -0.39 is 0 Å². The van der Waals surface area contributed by atoms with E-state index in [0.717, 1.165) is 0 Å². The summed E-state index contributed by atoms with van der Waals surface area (Å²) >= 11 is 1.75. The molecule has 1 aromatic heterocycles. The van der Waals surface area contributed by atoms with Crippen molar-refractivity contribution in [2.75, 3.05) is 0 Å². The van der Waals surface area contributed by atoms with Gasteiger partial charge < -0.3 is 11.5 Å². The monoisotopic (exact) mass is 192 g/mol. The molecule has 0 aliphatic rings. The first kappa shape index (κ1) is 8.69. The van der Waals surface area contributed by atoms with Crippen LogP contribution in [-0.4, -0.2) is 0 Å². The molecule has 13 heavy (non-hydrogen) atoms. The fourth-order valence-corrected chi connectivity index (χ4v) is 2.36. The second kappa shape index (κ2) is 3.46. The SMILES string of the molecule is NCc1ccc2cc(CN)sc2c1. The maximum atomic E-state index is 5.57. The zero-order chi connectivity index (χ0) is 9.26. The molecule has 0 aliphatic carbocycles. The first-order valence-electron chi connectivity index (χ1n) is 4.25. The van der Waals surface area contributed by atoms with E-state index in [4.69, 9.17) is 11.5 Å². The molecule has 0 saturated carbocycles. The van der Waals surface area contributed by atoms with Crippen molar-refractivity contribution in [3.63, 3.8) is 0 Å². The van der Waals surface area contributed by atoms with Gasteiger partial charge in [-0.2, -0.15) is 0 Å². The van der Waals surface area contributed by atoms with E-state index in [2.05, 4.69) is 24.3 Å². The summed E-state index contributed by atoms with van der Waals surface area (Å²) in [7, 11) is 0. The lowest BCUT2D eigenvalue weighted by molar-refractivity contribution is 1.08. The van der Waals surface area contributed by atoms with Crippen molar-refractivity contribution < 1.29 is 0 Å². The minimum Gasteiger partial charge on any atom is -0.326 e. The van der Waals surface area contributed by atoms with Crippen LogP contribution in [0.25, 0.3) is 10.1 Å². The van der Waals surface area contributed by atoms with E-state index >= 15 is 0 Å². The van der Waals surface area contributed by atoms with Gasteiger partial charge in [-0.05, 0) is 23.1 Å². The van der Waals surface area contributed by atoms with Crippen LogP contribution < -0.4 is 11.5 Å². The standard InChI is InChI=1S/C10H12N2S/c11-5-7-1-2-8-4-9(6-12)13-10(8)3-7/h1-4H,5-6,11-12H2. The molecule has 2 rings (SSSR count). The Bertz CT molecular complexity index is 418. The van der Waals surface area contributed by atoms with Gasteiger partial charge in [-0.15, -0.1) is 11.3 Å². The molecule has 3 heteroatoms. The highest BCUT2D eigenvalue weighted by atomic mass is 32.1. The molecular weight excluding hydrogens is 180 g/mol. The summed E-state index contributed by atoms with van der Waals surface area (Å²) in [6.07, 6.45) is 0. The first-order chi connectivity index (χ1) is 6.33. The lowest BCUT2D eigenvalue weighted by Crippen LogP contribution is -1.94. The van der Waals surface area contributed by atoms with Gasteiger partial charge in [0.1, 0.15) is 0 Å². The number of nitrogens with two attached hydrogens (primary N) is 2. The first-order valence-corrected chi connectivity index (χ1v) is 5.06. The third kappa shape index (κ3) is 1.58. The van der Waals surface area contributed by atoms with Crippen LogP contribution >= 0.6 is 11.3 Å². The van der Waals surface area contributed by atoms with Crippen LogP contribution in [0.15, 0.2) is 24.3 Å². The van der Waals surface area contributed by atoms with Crippen molar-refractivity contribution in [3.05, 3.63) is 34.7 Å². The Balaban J connectivity index is 2.57. The Morgan fingerprint density at radius 3 is 2.62 bits per heavy atom. The zero-order valence-corrected chi connectivity index (χ0v) is 8.10. The highest BCUT2D eigenvalue weighted by Gasteiger charge is 2.00. The molecule has 1 heterocycles. The number of benzene rings is 1. The third-order valence-corrected chi connectivity index (χ3v) is 3.19. The molecule has 2 nitrogen and oxygen atoms in total. The van der Waals surface area contributed by atoms with Crippen LogP contribution in [0.2, 0.25) is 0 Å². The molecule has 0 bridgehead atoms. The second-order valence-electron chi connectivity index (χ2n) is 2.99. The van der Waals surface area contributed by atoms with Gasteiger partial charge in [-0.3, -0.25) is 0 Å². The molecule has 0 aliphatic heterocycles. The summed E-state index contributed by atoms with van der Waals surface area (Å²) in [5.74, 6) is 0. The predicted molar refractivity (Wildman–Crippen MR) is 57.6 cm³/mol. The summed E-state index contributed by atoms with van der Waals surface area (Å²) in [6.45, 7) is 1.23. The van der Waals surface area contributed by atoms with Crippen molar-refractivity contribution in [2.45, 2.75) is 13.1 Å². The smallest absolute Gasteiger partial charge is 0.0349 e. The summed E-state index contributed by atoms with van der Waals surface area (Å²) in [4.78, 5) is 1.23. The lowest BCUT2D eigenvalue weighted by Gasteiger charge is -1.94. The van der Waals surface area contributed by atoms with Crippen molar-refractivity contribution in [3.8, 4) is 0 Å². The minimum absolute atomic E-state index is 0.603. The molecule has 68 valence electrons. The largest absolute Gasteiger partial charge is 0.326 e. The molecular formula is C10H12N2S. The molecule has 0 amide bonds. The highest BCUT2D eigenvalue weighted by Crippen LogP contribution is 2.26. The van der Waals surface area contributed by atoms with Crippen LogP contribution in [0, 0.1) is 0 Å². The highest BCUT2D eigenvalue weighted by molar-refractivity contribution is 7.19. The molecule has 0 spiro atoms. The normalized spacial score (nSPS) is 10.9. The zero-order valence-electron chi connectivity index (χ0n) is 7.29. The average molecular weight is 192 g/mol. The van der Waals surface area contributed by atoms with Gasteiger partial charge in [0, 0.05) is 22.7 Å². The minimum atomic E-state index is 0.603. The quantitative estimate of drug-likeness (QED) is 0.762. The van der Waals surface area contributed by atoms with E-state index in [-0.39, 0.29) is 0 Å². The average Bonchev–Trinajstić information content (AvgIpc) is 2.58. The van der Waals surface area contributed by atoms with Crippen molar-refractivity contribution in [1.82, 2.24) is 0 Å². The van der Waals surface area contributed by atoms with Crippen LogP contribution in [0.5, 0.6) is 0 Å². The van der Waals surface area contributed by atoms with Gasteiger partial charge >= 0.3 is 0 Å². The van der Waals surface area contributed by atoms with E-state index in [1.54, 1.807) is 11.3 Å². The van der Waals surface area contributed by atoms with Gasteiger partial charge in [0.15, 0.2) is 0 Å². The Labute approximate surface area is 81.2 Å². The fourth-order valence-electron chi connectivity index (χ4n) is 1.36.